The van der Waals surface area contributed by atoms with Gasteiger partial charge in [-0.2, -0.15) is 9.97 Å². The van der Waals surface area contributed by atoms with Crippen molar-refractivity contribution in [3.8, 4) is 22.8 Å². The van der Waals surface area contributed by atoms with Gasteiger partial charge in [0.1, 0.15) is 0 Å². The molecule has 0 spiro atoms. The average molecular weight is 448 g/mol. The van der Waals surface area contributed by atoms with Gasteiger partial charge >= 0.3 is 0 Å². The van der Waals surface area contributed by atoms with Gasteiger partial charge in [0.15, 0.2) is 11.6 Å². The number of H-pyrrole nitrogens is 1. The van der Waals surface area contributed by atoms with E-state index < -0.39 is 0 Å². The summed E-state index contributed by atoms with van der Waals surface area (Å²) in [5.41, 5.74) is 6.54. The molecule has 0 saturated heterocycles. The van der Waals surface area contributed by atoms with Gasteiger partial charge in [0.05, 0.1) is 6.54 Å². The predicted molar refractivity (Wildman–Crippen MR) is 136 cm³/mol. The lowest BCUT2D eigenvalue weighted by molar-refractivity contribution is 0.695. The maximum absolute atomic E-state index is 4.76. The van der Waals surface area contributed by atoms with Gasteiger partial charge in [-0.05, 0) is 25.0 Å². The normalized spacial score (nSPS) is 10.9. The van der Waals surface area contributed by atoms with Crippen LogP contribution in [-0.4, -0.2) is 29.9 Å². The van der Waals surface area contributed by atoms with Crippen molar-refractivity contribution in [2.45, 2.75) is 20.4 Å². The Hall–Kier alpha value is -4.52. The first kappa shape index (κ1) is 21.3. The molecule has 3 aromatic carbocycles. The summed E-state index contributed by atoms with van der Waals surface area (Å²) in [7, 11) is 0. The van der Waals surface area contributed by atoms with Crippen molar-refractivity contribution in [3.05, 3.63) is 102 Å². The molecular weight excluding hydrogens is 422 g/mol. The van der Waals surface area contributed by atoms with E-state index in [0.717, 1.165) is 28.1 Å². The number of rotatable bonds is 7. The Morgan fingerprint density at radius 2 is 1.47 bits per heavy atom. The van der Waals surface area contributed by atoms with Crippen molar-refractivity contribution >= 4 is 18.0 Å². The zero-order valence-corrected chi connectivity index (χ0v) is 19.2. The molecule has 5 rings (SSSR count). The van der Waals surface area contributed by atoms with E-state index >= 15 is 0 Å². The molecular formula is C27H25N7. The first-order valence-corrected chi connectivity index (χ1v) is 11.1. The molecule has 5 aromatic rings. The fraction of sp³-hybridized carbons (Fsp3) is 0.111. The highest BCUT2D eigenvalue weighted by Crippen LogP contribution is 2.23. The standard InChI is InChI=1S/C27H25N7/c1-4-20-9-11-21(12-10-20)17-34-25(23-15-7-19(3)8-16-23)29-27(33-34)30-26-28-24(31-32-26)22-13-5-18(2)6-14-22/h4-16H,1,17H2,2-3H3,(H2,28,30,31,32,33). The van der Waals surface area contributed by atoms with Gasteiger partial charge in [0, 0.05) is 11.1 Å². The molecule has 168 valence electrons. The largest absolute Gasteiger partial charge is 0.290 e. The molecule has 0 aliphatic heterocycles. The molecule has 0 atom stereocenters. The molecule has 2 heterocycles. The van der Waals surface area contributed by atoms with Gasteiger partial charge in [-0.3, -0.25) is 10.4 Å². The smallest absolute Gasteiger partial charge is 0.249 e. The highest BCUT2D eigenvalue weighted by Gasteiger charge is 2.15. The summed E-state index contributed by atoms with van der Waals surface area (Å²) in [4.78, 5) is 9.31. The average Bonchev–Trinajstić information content (AvgIpc) is 3.48. The molecule has 0 aliphatic carbocycles. The summed E-state index contributed by atoms with van der Waals surface area (Å²) in [6, 6.07) is 24.6. The summed E-state index contributed by atoms with van der Waals surface area (Å²) in [5, 5.41) is 15.1. The lowest BCUT2D eigenvalue weighted by Crippen LogP contribution is -2.04. The maximum Gasteiger partial charge on any atom is 0.249 e. The lowest BCUT2D eigenvalue weighted by Gasteiger charge is -2.07. The molecule has 2 N–H and O–H groups in total. The van der Waals surface area contributed by atoms with Gasteiger partial charge in [-0.25, -0.2) is 4.68 Å². The Morgan fingerprint density at radius 1 is 0.824 bits per heavy atom. The van der Waals surface area contributed by atoms with Crippen LogP contribution in [0, 0.1) is 13.8 Å². The van der Waals surface area contributed by atoms with Crippen molar-refractivity contribution in [2.24, 2.45) is 0 Å². The molecule has 0 bridgehead atoms. The molecule has 0 amide bonds. The van der Waals surface area contributed by atoms with E-state index in [4.69, 9.17) is 10.1 Å². The number of anilines is 2. The second kappa shape index (κ2) is 9.15. The van der Waals surface area contributed by atoms with Crippen molar-refractivity contribution in [1.29, 1.82) is 0 Å². The van der Waals surface area contributed by atoms with E-state index in [-0.39, 0.29) is 0 Å². The van der Waals surface area contributed by atoms with Crippen LogP contribution >= 0.6 is 0 Å². The highest BCUT2D eigenvalue weighted by atomic mass is 15.4. The Kier molecular flexibility index (Phi) is 5.74. The zero-order chi connectivity index (χ0) is 23.5. The monoisotopic (exact) mass is 447 g/mol. The van der Waals surface area contributed by atoms with Crippen LogP contribution < -0.4 is 5.32 Å². The second-order valence-electron chi connectivity index (χ2n) is 8.23. The fourth-order valence-corrected chi connectivity index (χ4v) is 3.61. The van der Waals surface area contributed by atoms with Crippen LogP contribution in [0.25, 0.3) is 28.9 Å². The summed E-state index contributed by atoms with van der Waals surface area (Å²) in [6.07, 6.45) is 1.83. The minimum atomic E-state index is 0.415. The minimum Gasteiger partial charge on any atom is -0.290 e. The van der Waals surface area contributed by atoms with Crippen LogP contribution in [0.2, 0.25) is 0 Å². The van der Waals surface area contributed by atoms with Crippen LogP contribution in [0.1, 0.15) is 22.3 Å². The third-order valence-corrected chi connectivity index (χ3v) is 5.56. The molecule has 7 nitrogen and oxygen atoms in total. The van der Waals surface area contributed by atoms with Crippen molar-refractivity contribution in [1.82, 2.24) is 29.9 Å². The molecule has 0 unspecified atom stereocenters. The highest BCUT2D eigenvalue weighted by molar-refractivity contribution is 5.60. The van der Waals surface area contributed by atoms with E-state index in [1.807, 2.05) is 47.2 Å². The summed E-state index contributed by atoms with van der Waals surface area (Å²) >= 11 is 0. The van der Waals surface area contributed by atoms with Gasteiger partial charge in [-0.1, -0.05) is 96.6 Å². The van der Waals surface area contributed by atoms with E-state index in [1.54, 1.807) is 0 Å². The topological polar surface area (TPSA) is 84.3 Å². The molecule has 34 heavy (non-hydrogen) atoms. The van der Waals surface area contributed by atoms with E-state index in [1.165, 1.54) is 11.1 Å². The van der Waals surface area contributed by atoms with Crippen molar-refractivity contribution in [2.75, 3.05) is 5.32 Å². The lowest BCUT2D eigenvalue weighted by atomic mass is 10.1. The minimum absolute atomic E-state index is 0.415. The molecule has 0 saturated carbocycles. The zero-order valence-electron chi connectivity index (χ0n) is 19.2. The van der Waals surface area contributed by atoms with Crippen LogP contribution in [0.3, 0.4) is 0 Å². The SMILES string of the molecule is C=Cc1ccc(Cn2nc(Nc3n[nH]c(-c4ccc(C)cc4)n3)nc2-c2ccc(C)cc2)cc1. The first-order chi connectivity index (χ1) is 16.6. The van der Waals surface area contributed by atoms with E-state index in [0.29, 0.717) is 24.3 Å². The quantitative estimate of drug-likeness (QED) is 0.330. The van der Waals surface area contributed by atoms with Crippen LogP contribution in [0.15, 0.2) is 79.4 Å². The van der Waals surface area contributed by atoms with E-state index in [2.05, 4.69) is 77.3 Å². The summed E-state index contributed by atoms with van der Waals surface area (Å²) < 4.78 is 1.89. The molecule has 0 fully saturated rings. The van der Waals surface area contributed by atoms with Gasteiger partial charge in [0.2, 0.25) is 11.9 Å². The Labute approximate surface area is 198 Å². The third-order valence-electron chi connectivity index (χ3n) is 5.56. The number of benzene rings is 3. The van der Waals surface area contributed by atoms with Gasteiger partial charge < -0.3 is 0 Å². The van der Waals surface area contributed by atoms with Gasteiger partial charge in [0.25, 0.3) is 0 Å². The number of hydrogen-bond acceptors (Lipinski definition) is 5. The Balaban J connectivity index is 1.44. The maximum atomic E-state index is 4.76. The molecule has 0 radical (unpaired) electrons. The predicted octanol–water partition coefficient (Wildman–Crippen LogP) is 5.78. The van der Waals surface area contributed by atoms with Crippen LogP contribution in [0.5, 0.6) is 0 Å². The number of aryl methyl sites for hydroxylation is 2. The Morgan fingerprint density at radius 3 is 2.12 bits per heavy atom. The third kappa shape index (κ3) is 4.63. The van der Waals surface area contributed by atoms with Crippen molar-refractivity contribution < 1.29 is 0 Å². The fourth-order valence-electron chi connectivity index (χ4n) is 3.61. The van der Waals surface area contributed by atoms with Crippen LogP contribution in [0.4, 0.5) is 11.9 Å². The number of aromatic nitrogens is 6. The number of aromatic amines is 1. The van der Waals surface area contributed by atoms with Gasteiger partial charge in [-0.15, -0.1) is 10.2 Å². The first-order valence-electron chi connectivity index (χ1n) is 11.1. The van der Waals surface area contributed by atoms with Crippen molar-refractivity contribution in [3.63, 3.8) is 0 Å². The second-order valence-corrected chi connectivity index (χ2v) is 8.23. The molecule has 2 aromatic heterocycles. The summed E-state index contributed by atoms with van der Waals surface area (Å²) in [6.45, 7) is 8.53. The summed E-state index contributed by atoms with van der Waals surface area (Å²) in [5.74, 6) is 2.30. The number of nitrogens with one attached hydrogen (secondary N) is 2. The number of nitrogens with zero attached hydrogens (tertiary/aromatic N) is 5. The Bertz CT molecular complexity index is 1410. The number of hydrogen-bond donors (Lipinski definition) is 2. The molecule has 0 aliphatic rings. The van der Waals surface area contributed by atoms with Crippen LogP contribution in [-0.2, 0) is 6.54 Å². The molecule has 7 heteroatoms. The van der Waals surface area contributed by atoms with E-state index in [9.17, 15) is 0 Å².